The first-order valence-electron chi connectivity index (χ1n) is 14.7. The number of hydrogen-bond acceptors (Lipinski definition) is 7. The van der Waals surface area contributed by atoms with E-state index in [2.05, 4.69) is 5.10 Å². The lowest BCUT2D eigenvalue weighted by atomic mass is 9.97. The van der Waals surface area contributed by atoms with Gasteiger partial charge in [0.15, 0.2) is 5.69 Å². The molecule has 0 spiro atoms. The van der Waals surface area contributed by atoms with Crippen LogP contribution in [0.15, 0.2) is 42.5 Å². The normalized spacial score (nSPS) is 21.4. The van der Waals surface area contributed by atoms with E-state index in [-0.39, 0.29) is 37.2 Å². The van der Waals surface area contributed by atoms with Gasteiger partial charge >= 0.3 is 0 Å². The second-order valence-electron chi connectivity index (χ2n) is 11.4. The van der Waals surface area contributed by atoms with Gasteiger partial charge in [-0.3, -0.25) is 9.59 Å². The number of amides is 2. The standard InChI is InChI=1S/C30H33ClN6O6S/c1-33-27-22-9-11-35(44(40,41)34-13-15-42-16-14-34)18-21(22)7-8-25(27)43-19-24(29(33)38)36-12-10-23-26(30(36)39)32-37(28(23)31)17-20-5-3-2-4-6-20/h2-8,24H,9-19H2,1H3/t24-/m0/s1. The Labute approximate surface area is 260 Å². The minimum absolute atomic E-state index is 0.00791. The van der Waals surface area contributed by atoms with Crippen LogP contribution in [0, 0.1) is 0 Å². The zero-order chi connectivity index (χ0) is 30.6. The second kappa shape index (κ2) is 11.5. The fraction of sp³-hybridized carbons (Fsp3) is 0.433. The van der Waals surface area contributed by atoms with Crippen LogP contribution in [-0.4, -0.2) is 103 Å². The molecular weight excluding hydrogens is 608 g/mol. The van der Waals surface area contributed by atoms with E-state index in [1.807, 2.05) is 36.4 Å². The molecular formula is C30H33ClN6O6S. The van der Waals surface area contributed by atoms with Crippen LogP contribution >= 0.6 is 11.6 Å². The molecule has 5 heterocycles. The number of hydrogen-bond donors (Lipinski definition) is 0. The van der Waals surface area contributed by atoms with Crippen LogP contribution in [-0.2, 0) is 45.7 Å². The van der Waals surface area contributed by atoms with Gasteiger partial charge in [0.1, 0.15) is 23.6 Å². The third-order valence-corrected chi connectivity index (χ3v) is 11.3. The summed E-state index contributed by atoms with van der Waals surface area (Å²) in [5.41, 5.74) is 4.28. The first kappa shape index (κ1) is 29.2. The van der Waals surface area contributed by atoms with Crippen molar-refractivity contribution < 1.29 is 27.5 Å². The van der Waals surface area contributed by atoms with E-state index in [1.54, 1.807) is 22.7 Å². The largest absolute Gasteiger partial charge is 0.489 e. The number of benzene rings is 2. The highest BCUT2D eigenvalue weighted by Crippen LogP contribution is 2.40. The monoisotopic (exact) mass is 640 g/mol. The molecule has 232 valence electrons. The first-order valence-corrected chi connectivity index (χ1v) is 16.5. The molecule has 0 saturated carbocycles. The summed E-state index contributed by atoms with van der Waals surface area (Å²) in [4.78, 5) is 30.8. The summed E-state index contributed by atoms with van der Waals surface area (Å²) in [7, 11) is -1.95. The Bertz CT molecular complexity index is 1730. The van der Waals surface area contributed by atoms with Gasteiger partial charge in [-0.2, -0.15) is 22.1 Å². The van der Waals surface area contributed by atoms with Crippen LogP contribution in [0.25, 0.3) is 0 Å². The third kappa shape index (κ3) is 4.96. The minimum atomic E-state index is -3.64. The van der Waals surface area contributed by atoms with E-state index >= 15 is 0 Å². The van der Waals surface area contributed by atoms with Crippen molar-refractivity contribution >= 4 is 39.3 Å². The Kier molecular flexibility index (Phi) is 7.61. The maximum absolute atomic E-state index is 14.0. The van der Waals surface area contributed by atoms with Crippen molar-refractivity contribution in [1.82, 2.24) is 23.3 Å². The Hall–Kier alpha value is -3.49. The molecule has 12 nitrogen and oxygen atoms in total. The van der Waals surface area contributed by atoms with Crippen LogP contribution in [0.2, 0.25) is 5.15 Å². The fourth-order valence-electron chi connectivity index (χ4n) is 6.51. The van der Waals surface area contributed by atoms with Crippen LogP contribution in [0.1, 0.15) is 32.7 Å². The van der Waals surface area contributed by atoms with Crippen molar-refractivity contribution in [2.75, 3.05) is 57.9 Å². The summed E-state index contributed by atoms with van der Waals surface area (Å²) in [6, 6.07) is 12.5. The van der Waals surface area contributed by atoms with Crippen molar-refractivity contribution in [2.45, 2.75) is 32.0 Å². The molecule has 3 aromatic rings. The lowest BCUT2D eigenvalue weighted by Crippen LogP contribution is -2.54. The average Bonchev–Trinajstić information content (AvgIpc) is 3.30. The van der Waals surface area contributed by atoms with Gasteiger partial charge in [-0.25, -0.2) is 4.68 Å². The molecule has 1 atom stereocenters. The number of rotatable bonds is 5. The highest BCUT2D eigenvalue weighted by atomic mass is 35.5. The highest BCUT2D eigenvalue weighted by Gasteiger charge is 2.42. The highest BCUT2D eigenvalue weighted by molar-refractivity contribution is 7.86. The number of likely N-dealkylation sites (N-methyl/N-ethyl adjacent to an activating group) is 1. The van der Waals surface area contributed by atoms with Gasteiger partial charge in [-0.05, 0) is 35.6 Å². The molecule has 0 aliphatic carbocycles. The molecule has 1 aromatic heterocycles. The molecule has 4 aliphatic rings. The topological polar surface area (TPSA) is 118 Å². The van der Waals surface area contributed by atoms with Gasteiger partial charge in [0.2, 0.25) is 0 Å². The van der Waals surface area contributed by atoms with Crippen LogP contribution in [0.3, 0.4) is 0 Å². The van der Waals surface area contributed by atoms with Gasteiger partial charge in [-0.1, -0.05) is 48.0 Å². The van der Waals surface area contributed by atoms with Crippen molar-refractivity contribution in [1.29, 1.82) is 0 Å². The minimum Gasteiger partial charge on any atom is -0.489 e. The SMILES string of the molecule is CN1C(=O)[C@@H](N2CCc3c(nn(Cc4ccccc4)c3Cl)C2=O)COc2ccc3c(c21)CCN(S(=O)(=O)N1CCOCC1)C3. The van der Waals surface area contributed by atoms with E-state index in [0.29, 0.717) is 74.4 Å². The fourth-order valence-corrected chi connectivity index (χ4v) is 8.35. The molecule has 44 heavy (non-hydrogen) atoms. The van der Waals surface area contributed by atoms with E-state index in [4.69, 9.17) is 21.1 Å². The number of aromatic nitrogens is 2. The molecule has 4 aliphatic heterocycles. The summed E-state index contributed by atoms with van der Waals surface area (Å²) in [6.45, 7) is 2.64. The van der Waals surface area contributed by atoms with Gasteiger partial charge in [0.25, 0.3) is 22.0 Å². The van der Waals surface area contributed by atoms with Crippen LogP contribution in [0.4, 0.5) is 5.69 Å². The predicted octanol–water partition coefficient (Wildman–Crippen LogP) is 1.94. The number of carbonyl (C=O) groups is 2. The number of morpholine rings is 1. The van der Waals surface area contributed by atoms with Crippen molar-refractivity contribution in [2.24, 2.45) is 0 Å². The first-order chi connectivity index (χ1) is 21.2. The van der Waals surface area contributed by atoms with Gasteiger partial charge < -0.3 is 19.3 Å². The summed E-state index contributed by atoms with van der Waals surface area (Å²) < 4.78 is 42.7. The van der Waals surface area contributed by atoms with Crippen LogP contribution < -0.4 is 9.64 Å². The summed E-state index contributed by atoms with van der Waals surface area (Å²) in [5.74, 6) is -0.0914. The molecule has 0 bridgehead atoms. The number of carbonyl (C=O) groups excluding carboxylic acids is 2. The Morgan fingerprint density at radius 3 is 2.48 bits per heavy atom. The molecule has 0 unspecified atom stereocenters. The Morgan fingerprint density at radius 2 is 1.70 bits per heavy atom. The predicted molar refractivity (Wildman–Crippen MR) is 162 cm³/mol. The molecule has 2 aromatic carbocycles. The Morgan fingerprint density at radius 1 is 0.955 bits per heavy atom. The molecule has 1 fully saturated rings. The smallest absolute Gasteiger partial charge is 0.282 e. The number of halogens is 1. The average molecular weight is 641 g/mol. The molecule has 14 heteroatoms. The van der Waals surface area contributed by atoms with Crippen molar-refractivity contribution in [3.63, 3.8) is 0 Å². The third-order valence-electron chi connectivity index (χ3n) is 8.87. The lowest BCUT2D eigenvalue weighted by Gasteiger charge is -2.36. The number of fused-ring (bicyclic) bond motifs is 4. The zero-order valence-electron chi connectivity index (χ0n) is 24.3. The maximum atomic E-state index is 14.0. The summed E-state index contributed by atoms with van der Waals surface area (Å²) >= 11 is 6.66. The van der Waals surface area contributed by atoms with E-state index < -0.39 is 16.3 Å². The van der Waals surface area contributed by atoms with Gasteiger partial charge in [0.05, 0.1) is 25.4 Å². The van der Waals surface area contributed by atoms with Crippen molar-refractivity contribution in [3.05, 3.63) is 75.6 Å². The van der Waals surface area contributed by atoms with Crippen LogP contribution in [0.5, 0.6) is 5.75 Å². The zero-order valence-corrected chi connectivity index (χ0v) is 25.9. The van der Waals surface area contributed by atoms with Gasteiger partial charge in [-0.15, -0.1) is 0 Å². The van der Waals surface area contributed by atoms with Gasteiger partial charge in [0, 0.05) is 45.3 Å². The van der Waals surface area contributed by atoms with E-state index in [1.165, 1.54) is 13.5 Å². The molecule has 0 radical (unpaired) electrons. The maximum Gasteiger partial charge on any atom is 0.282 e. The number of nitrogens with zero attached hydrogens (tertiary/aromatic N) is 6. The molecule has 7 rings (SSSR count). The number of anilines is 1. The van der Waals surface area contributed by atoms with E-state index in [0.717, 1.165) is 16.7 Å². The quantitative estimate of drug-likeness (QED) is 0.418. The second-order valence-corrected chi connectivity index (χ2v) is 13.7. The number of ether oxygens (including phenoxy) is 2. The molecule has 0 N–H and O–H groups in total. The van der Waals surface area contributed by atoms with E-state index in [9.17, 15) is 18.0 Å². The van der Waals surface area contributed by atoms with Crippen molar-refractivity contribution in [3.8, 4) is 5.75 Å². The summed E-state index contributed by atoms with van der Waals surface area (Å²) in [5, 5.41) is 4.99. The summed E-state index contributed by atoms with van der Waals surface area (Å²) in [6.07, 6.45) is 0.898. The lowest BCUT2D eigenvalue weighted by molar-refractivity contribution is -0.123. The molecule has 2 amide bonds. The Balaban J connectivity index is 1.12. The molecule has 1 saturated heterocycles.